The summed E-state index contributed by atoms with van der Waals surface area (Å²) in [6, 6.07) is 14.1. The third kappa shape index (κ3) is 11.2. The summed E-state index contributed by atoms with van der Waals surface area (Å²) in [7, 11) is 0. The number of carbonyl (C=O) groups is 2. The number of benzene rings is 2. The summed E-state index contributed by atoms with van der Waals surface area (Å²) in [5.74, 6) is 0.908. The maximum atomic E-state index is 13.0. The molecule has 0 spiro atoms. The van der Waals surface area contributed by atoms with Gasteiger partial charge in [0.25, 0.3) is 0 Å². The summed E-state index contributed by atoms with van der Waals surface area (Å²) in [4.78, 5) is 29.8. The van der Waals surface area contributed by atoms with Crippen molar-refractivity contribution in [3.63, 3.8) is 0 Å². The van der Waals surface area contributed by atoms with Gasteiger partial charge in [-0.05, 0) is 65.1 Å². The number of aliphatic hydroxyl groups is 1. The molecular weight excluding hydrogens is 606 g/mol. The summed E-state index contributed by atoms with van der Waals surface area (Å²) < 4.78 is 17.4. The van der Waals surface area contributed by atoms with Crippen molar-refractivity contribution in [3.8, 4) is 16.9 Å². The predicted molar refractivity (Wildman–Crippen MR) is 191 cm³/mol. The fourth-order valence-electron chi connectivity index (χ4n) is 6.02. The number of nitrogens with one attached hydrogen (secondary N) is 1. The Morgan fingerprint density at radius 3 is 2.10 bits per heavy atom. The van der Waals surface area contributed by atoms with E-state index >= 15 is 0 Å². The number of ketones is 1. The van der Waals surface area contributed by atoms with E-state index in [4.69, 9.17) is 14.2 Å². The highest BCUT2D eigenvalue weighted by Crippen LogP contribution is 2.40. The summed E-state index contributed by atoms with van der Waals surface area (Å²) in [6.07, 6.45) is 0.934. The zero-order valence-electron chi connectivity index (χ0n) is 30.2. The Bertz CT molecular complexity index is 1400. The summed E-state index contributed by atoms with van der Waals surface area (Å²) in [6.45, 7) is 22.4. The average molecular weight is 664 g/mol. The molecule has 1 aliphatic carbocycles. The minimum atomic E-state index is -0.224. The molecule has 1 aliphatic heterocycles. The van der Waals surface area contributed by atoms with Gasteiger partial charge in [-0.25, -0.2) is 0 Å². The Labute approximate surface area is 287 Å². The highest BCUT2D eigenvalue weighted by Gasteiger charge is 2.34. The second-order valence-corrected chi connectivity index (χ2v) is 15.2. The standard InChI is InChI=1S/C39H57N3O6/c1-28-8-9-31(24-33(28)37-34(43)25-39(6,7)26-35(37)44)30-10-12-32(13-11-30)48-23-22-46-20-18-41-14-16-42(17-15-41)19-21-47-27-36(45)40-29(2)38(3,4)5/h8-13,24,29,43H,14-23,25-27H2,1-7H3,(H,40,45). The van der Waals surface area contributed by atoms with Crippen LogP contribution < -0.4 is 10.1 Å². The quantitative estimate of drug-likeness (QED) is 0.227. The molecule has 1 heterocycles. The fraction of sp³-hybridized carbons (Fsp3) is 0.590. The van der Waals surface area contributed by atoms with Gasteiger partial charge in [0.1, 0.15) is 24.7 Å². The first kappa shape index (κ1) is 37.6. The number of allylic oxidation sites excluding steroid dienone is 2. The van der Waals surface area contributed by atoms with E-state index < -0.39 is 0 Å². The van der Waals surface area contributed by atoms with Crippen LogP contribution >= 0.6 is 0 Å². The van der Waals surface area contributed by atoms with Gasteiger partial charge >= 0.3 is 0 Å². The van der Waals surface area contributed by atoms with E-state index in [1.807, 2.05) is 70.2 Å². The molecule has 0 bridgehead atoms. The van der Waals surface area contributed by atoms with Crippen molar-refractivity contribution in [1.29, 1.82) is 0 Å². The first-order chi connectivity index (χ1) is 22.7. The van der Waals surface area contributed by atoms with Crippen LogP contribution in [0.4, 0.5) is 0 Å². The molecule has 9 nitrogen and oxygen atoms in total. The lowest BCUT2D eigenvalue weighted by molar-refractivity contribution is -0.127. The van der Waals surface area contributed by atoms with E-state index in [1.165, 1.54) is 0 Å². The van der Waals surface area contributed by atoms with Gasteiger partial charge in [0, 0.05) is 58.2 Å². The lowest BCUT2D eigenvalue weighted by Gasteiger charge is -2.34. The number of amides is 1. The smallest absolute Gasteiger partial charge is 0.246 e. The molecule has 4 rings (SSSR count). The zero-order chi connectivity index (χ0) is 34.9. The number of hydrogen-bond acceptors (Lipinski definition) is 8. The van der Waals surface area contributed by atoms with E-state index in [-0.39, 0.29) is 40.9 Å². The first-order valence-electron chi connectivity index (χ1n) is 17.4. The number of piperazine rings is 1. The molecular formula is C39H57N3O6. The van der Waals surface area contributed by atoms with Gasteiger partial charge in [0.15, 0.2) is 5.78 Å². The minimum absolute atomic E-state index is 0.000120. The van der Waals surface area contributed by atoms with Gasteiger partial charge in [-0.3, -0.25) is 19.4 Å². The van der Waals surface area contributed by atoms with Crippen molar-refractivity contribution in [2.75, 3.05) is 72.3 Å². The van der Waals surface area contributed by atoms with Crippen LogP contribution in [0.5, 0.6) is 5.75 Å². The lowest BCUT2D eigenvalue weighted by Crippen LogP contribution is -2.48. The van der Waals surface area contributed by atoms with Crippen LogP contribution in [0.15, 0.2) is 48.2 Å². The van der Waals surface area contributed by atoms with Gasteiger partial charge in [0.2, 0.25) is 5.91 Å². The average Bonchev–Trinajstić information content (AvgIpc) is 3.01. The molecule has 48 heavy (non-hydrogen) atoms. The molecule has 0 saturated carbocycles. The van der Waals surface area contributed by atoms with Crippen LogP contribution in [0.3, 0.4) is 0 Å². The van der Waals surface area contributed by atoms with Crippen molar-refractivity contribution in [1.82, 2.24) is 15.1 Å². The molecule has 1 atom stereocenters. The van der Waals surface area contributed by atoms with Crippen LogP contribution in [0.2, 0.25) is 0 Å². The van der Waals surface area contributed by atoms with E-state index in [0.29, 0.717) is 44.8 Å². The molecule has 264 valence electrons. The molecule has 2 aromatic carbocycles. The molecule has 1 saturated heterocycles. The number of aliphatic hydroxyl groups excluding tert-OH is 1. The molecule has 2 aliphatic rings. The van der Waals surface area contributed by atoms with Crippen molar-refractivity contribution in [2.45, 2.75) is 67.3 Å². The van der Waals surface area contributed by atoms with Gasteiger partial charge < -0.3 is 24.6 Å². The summed E-state index contributed by atoms with van der Waals surface area (Å²) in [5, 5.41) is 13.8. The second kappa shape index (κ2) is 16.9. The maximum absolute atomic E-state index is 13.0. The van der Waals surface area contributed by atoms with E-state index in [1.54, 1.807) is 0 Å². The Hall–Kier alpha value is -3.24. The summed E-state index contributed by atoms with van der Waals surface area (Å²) in [5.41, 5.74) is 4.05. The van der Waals surface area contributed by atoms with Crippen LogP contribution in [0, 0.1) is 17.8 Å². The SMILES string of the molecule is Cc1ccc(-c2ccc(OCCOCCN3CCN(CCOCC(=O)NC(C)C(C)(C)C)CC3)cc2)cc1C1=C(O)CC(C)(C)CC1=O. The highest BCUT2D eigenvalue weighted by molar-refractivity contribution is 6.22. The van der Waals surface area contributed by atoms with Crippen molar-refractivity contribution >= 4 is 17.3 Å². The number of aryl methyl sites for hydroxylation is 1. The Morgan fingerprint density at radius 1 is 0.896 bits per heavy atom. The van der Waals surface area contributed by atoms with Crippen molar-refractivity contribution in [2.24, 2.45) is 10.8 Å². The Kier molecular flexibility index (Phi) is 13.2. The normalized spacial score (nSPS) is 18.2. The van der Waals surface area contributed by atoms with Crippen molar-refractivity contribution in [3.05, 3.63) is 59.4 Å². The van der Waals surface area contributed by atoms with E-state index in [9.17, 15) is 14.7 Å². The topological polar surface area (TPSA) is 101 Å². The van der Waals surface area contributed by atoms with Crippen LogP contribution in [-0.4, -0.2) is 105 Å². The fourth-order valence-corrected chi connectivity index (χ4v) is 6.02. The Balaban J connectivity index is 1.10. The lowest BCUT2D eigenvalue weighted by atomic mass is 9.74. The van der Waals surface area contributed by atoms with E-state index in [2.05, 4.69) is 35.9 Å². The predicted octanol–water partition coefficient (Wildman–Crippen LogP) is 5.90. The van der Waals surface area contributed by atoms with Gasteiger partial charge in [-0.2, -0.15) is 0 Å². The molecule has 0 aromatic heterocycles. The number of rotatable bonds is 15. The molecule has 1 unspecified atom stereocenters. The molecule has 1 fully saturated rings. The second-order valence-electron chi connectivity index (χ2n) is 15.2. The van der Waals surface area contributed by atoms with Crippen LogP contribution in [0.25, 0.3) is 16.7 Å². The molecule has 0 radical (unpaired) electrons. The number of Topliss-reactive ketones (excluding diaryl/α,β-unsaturated/α-hetero) is 1. The van der Waals surface area contributed by atoms with Gasteiger partial charge in [-0.15, -0.1) is 0 Å². The summed E-state index contributed by atoms with van der Waals surface area (Å²) >= 11 is 0. The number of carbonyl (C=O) groups excluding carboxylic acids is 2. The number of nitrogens with zero attached hydrogens (tertiary/aromatic N) is 2. The highest BCUT2D eigenvalue weighted by atomic mass is 16.5. The van der Waals surface area contributed by atoms with Gasteiger partial charge in [-0.1, -0.05) is 58.9 Å². The van der Waals surface area contributed by atoms with Crippen LogP contribution in [0.1, 0.15) is 65.5 Å². The van der Waals surface area contributed by atoms with Crippen LogP contribution in [-0.2, 0) is 19.1 Å². The van der Waals surface area contributed by atoms with Crippen molar-refractivity contribution < 1.29 is 28.9 Å². The molecule has 9 heteroatoms. The van der Waals surface area contributed by atoms with Gasteiger partial charge in [0.05, 0.1) is 25.4 Å². The first-order valence-corrected chi connectivity index (χ1v) is 17.4. The largest absolute Gasteiger partial charge is 0.512 e. The Morgan fingerprint density at radius 2 is 1.50 bits per heavy atom. The molecule has 2 aromatic rings. The monoisotopic (exact) mass is 663 g/mol. The third-order valence-corrected chi connectivity index (χ3v) is 9.52. The zero-order valence-corrected chi connectivity index (χ0v) is 30.2. The van der Waals surface area contributed by atoms with E-state index in [0.717, 1.165) is 67.3 Å². The molecule has 2 N–H and O–H groups in total. The molecule has 1 amide bonds. The maximum Gasteiger partial charge on any atom is 0.246 e. The number of ether oxygens (including phenoxy) is 3. The minimum Gasteiger partial charge on any atom is -0.512 e. The number of hydrogen-bond donors (Lipinski definition) is 2. The third-order valence-electron chi connectivity index (χ3n) is 9.52.